The first-order valence-electron chi connectivity index (χ1n) is 6.16. The van der Waals surface area contributed by atoms with Gasteiger partial charge in [0, 0.05) is 26.2 Å². The number of hydrogen-bond acceptors (Lipinski definition) is 6. The molecular weight excluding hydrogens is 284 g/mol. The number of carbonyl (C=O) groups excluding carboxylic acids is 2. The summed E-state index contributed by atoms with van der Waals surface area (Å²) in [6.07, 6.45) is 2.78. The number of amides is 1. The third-order valence-electron chi connectivity index (χ3n) is 3.06. The summed E-state index contributed by atoms with van der Waals surface area (Å²) in [6.45, 7) is 2.55. The van der Waals surface area contributed by atoms with E-state index in [4.69, 9.17) is 11.6 Å². The number of halogens is 1. The summed E-state index contributed by atoms with van der Waals surface area (Å²) in [5.74, 6) is -0.469. The van der Waals surface area contributed by atoms with Crippen molar-refractivity contribution in [1.29, 1.82) is 0 Å². The number of nitrogens with zero attached hydrogens (tertiary/aromatic N) is 4. The molecule has 0 aromatic carbocycles. The van der Waals surface area contributed by atoms with Crippen LogP contribution >= 0.6 is 11.6 Å². The van der Waals surface area contributed by atoms with Gasteiger partial charge in [-0.2, -0.15) is 0 Å². The second kappa shape index (κ2) is 6.62. The molecule has 1 amide bonds. The third kappa shape index (κ3) is 3.64. The standard InChI is InChI=1S/C12H15ClN4O3/c1-20-11(18)8-16-2-4-17(5-3-16)12(19)9-6-14-7-10(13)15-9/h6-7H,2-5,8H2,1H3. The molecule has 0 spiro atoms. The number of esters is 1. The van der Waals surface area contributed by atoms with Crippen molar-refractivity contribution in [3.8, 4) is 0 Å². The van der Waals surface area contributed by atoms with E-state index in [1.807, 2.05) is 4.90 Å². The molecule has 2 rings (SSSR count). The SMILES string of the molecule is COC(=O)CN1CCN(C(=O)c2cncc(Cl)n2)CC1. The monoisotopic (exact) mass is 298 g/mol. The Bertz CT molecular complexity index is 503. The quantitative estimate of drug-likeness (QED) is 0.735. The molecule has 20 heavy (non-hydrogen) atoms. The minimum absolute atomic E-state index is 0.195. The summed E-state index contributed by atoms with van der Waals surface area (Å²) in [6, 6.07) is 0. The smallest absolute Gasteiger partial charge is 0.319 e. The van der Waals surface area contributed by atoms with E-state index in [2.05, 4.69) is 14.7 Å². The molecule has 0 bridgehead atoms. The number of methoxy groups -OCH3 is 1. The van der Waals surface area contributed by atoms with Gasteiger partial charge in [-0.3, -0.25) is 19.5 Å². The molecule has 0 atom stereocenters. The molecule has 1 aliphatic heterocycles. The van der Waals surface area contributed by atoms with E-state index >= 15 is 0 Å². The molecule has 1 aromatic rings. The molecule has 0 radical (unpaired) electrons. The average Bonchev–Trinajstić information content (AvgIpc) is 2.47. The van der Waals surface area contributed by atoms with E-state index in [0.717, 1.165) is 0 Å². The highest BCUT2D eigenvalue weighted by Gasteiger charge is 2.24. The Morgan fingerprint density at radius 3 is 2.60 bits per heavy atom. The summed E-state index contributed by atoms with van der Waals surface area (Å²) < 4.78 is 4.62. The van der Waals surface area contributed by atoms with Crippen molar-refractivity contribution in [1.82, 2.24) is 19.8 Å². The fraction of sp³-hybridized carbons (Fsp3) is 0.500. The molecule has 108 valence electrons. The Kier molecular flexibility index (Phi) is 4.86. The second-order valence-corrected chi connectivity index (χ2v) is 4.76. The largest absolute Gasteiger partial charge is 0.468 e. The van der Waals surface area contributed by atoms with Gasteiger partial charge in [0.1, 0.15) is 10.8 Å². The number of rotatable bonds is 3. The minimum atomic E-state index is -0.273. The fourth-order valence-corrected chi connectivity index (χ4v) is 2.11. The van der Waals surface area contributed by atoms with Gasteiger partial charge < -0.3 is 9.64 Å². The van der Waals surface area contributed by atoms with Gasteiger partial charge in [-0.1, -0.05) is 11.6 Å². The Morgan fingerprint density at radius 2 is 2.00 bits per heavy atom. The molecule has 8 heteroatoms. The number of carbonyl (C=O) groups is 2. The molecular formula is C12H15ClN4O3. The fourth-order valence-electron chi connectivity index (χ4n) is 1.96. The normalized spacial score (nSPS) is 16.0. The van der Waals surface area contributed by atoms with Crippen molar-refractivity contribution in [2.75, 3.05) is 39.8 Å². The van der Waals surface area contributed by atoms with E-state index in [1.165, 1.54) is 19.5 Å². The molecule has 7 nitrogen and oxygen atoms in total. The number of ether oxygens (including phenoxy) is 1. The molecule has 2 heterocycles. The Balaban J connectivity index is 1.90. The maximum absolute atomic E-state index is 12.2. The van der Waals surface area contributed by atoms with Gasteiger partial charge >= 0.3 is 5.97 Å². The van der Waals surface area contributed by atoms with Crippen LogP contribution in [0.25, 0.3) is 0 Å². The van der Waals surface area contributed by atoms with Crippen molar-refractivity contribution >= 4 is 23.5 Å². The zero-order valence-corrected chi connectivity index (χ0v) is 11.8. The van der Waals surface area contributed by atoms with Crippen LogP contribution in [-0.2, 0) is 9.53 Å². The highest BCUT2D eigenvalue weighted by atomic mass is 35.5. The van der Waals surface area contributed by atoms with Crippen molar-refractivity contribution in [3.05, 3.63) is 23.2 Å². The van der Waals surface area contributed by atoms with Crippen LogP contribution in [0.15, 0.2) is 12.4 Å². The van der Waals surface area contributed by atoms with Crippen LogP contribution in [0, 0.1) is 0 Å². The first-order valence-corrected chi connectivity index (χ1v) is 6.54. The van der Waals surface area contributed by atoms with Crippen LogP contribution in [0.4, 0.5) is 0 Å². The van der Waals surface area contributed by atoms with Crippen molar-refractivity contribution < 1.29 is 14.3 Å². The van der Waals surface area contributed by atoms with Gasteiger partial charge in [0.15, 0.2) is 0 Å². The first kappa shape index (κ1) is 14.7. The highest BCUT2D eigenvalue weighted by molar-refractivity contribution is 6.29. The first-order chi connectivity index (χ1) is 9.60. The van der Waals surface area contributed by atoms with Crippen LogP contribution in [0.2, 0.25) is 5.15 Å². The predicted octanol–water partition coefficient (Wildman–Crippen LogP) is 0.0608. The predicted molar refractivity (Wildman–Crippen MR) is 71.4 cm³/mol. The molecule has 0 aliphatic carbocycles. The lowest BCUT2D eigenvalue weighted by molar-refractivity contribution is -0.142. The maximum atomic E-state index is 12.2. The van der Waals surface area contributed by atoms with Crippen molar-refractivity contribution in [2.45, 2.75) is 0 Å². The van der Waals surface area contributed by atoms with Gasteiger partial charge in [0.2, 0.25) is 0 Å². The van der Waals surface area contributed by atoms with Crippen LogP contribution in [0.5, 0.6) is 0 Å². The molecule has 1 aromatic heterocycles. The zero-order chi connectivity index (χ0) is 14.5. The molecule has 1 fully saturated rings. The lowest BCUT2D eigenvalue weighted by atomic mass is 10.3. The van der Waals surface area contributed by atoms with Gasteiger partial charge in [0.05, 0.1) is 26.0 Å². The molecule has 0 N–H and O–H groups in total. The highest BCUT2D eigenvalue weighted by Crippen LogP contribution is 2.09. The van der Waals surface area contributed by atoms with E-state index in [9.17, 15) is 9.59 Å². The Morgan fingerprint density at radius 1 is 1.30 bits per heavy atom. The maximum Gasteiger partial charge on any atom is 0.319 e. The number of aromatic nitrogens is 2. The van der Waals surface area contributed by atoms with Gasteiger partial charge in [-0.25, -0.2) is 4.98 Å². The van der Waals surface area contributed by atoms with Crippen LogP contribution < -0.4 is 0 Å². The zero-order valence-electron chi connectivity index (χ0n) is 11.1. The van der Waals surface area contributed by atoms with E-state index in [0.29, 0.717) is 26.2 Å². The summed E-state index contributed by atoms with van der Waals surface area (Å²) in [4.78, 5) is 34.8. The summed E-state index contributed by atoms with van der Waals surface area (Å²) in [5, 5.41) is 0.195. The van der Waals surface area contributed by atoms with Crippen molar-refractivity contribution in [3.63, 3.8) is 0 Å². The molecule has 1 saturated heterocycles. The van der Waals surface area contributed by atoms with Gasteiger partial charge in [0.25, 0.3) is 5.91 Å². The summed E-state index contributed by atoms with van der Waals surface area (Å²) in [7, 11) is 1.36. The van der Waals surface area contributed by atoms with Crippen molar-refractivity contribution in [2.24, 2.45) is 0 Å². The Labute approximate surface area is 121 Å². The Hall–Kier alpha value is -1.73. The molecule has 1 aliphatic rings. The van der Waals surface area contributed by atoms with E-state index in [-0.39, 0.29) is 29.3 Å². The average molecular weight is 299 g/mol. The third-order valence-corrected chi connectivity index (χ3v) is 3.25. The van der Waals surface area contributed by atoms with Gasteiger partial charge in [-0.15, -0.1) is 0 Å². The second-order valence-electron chi connectivity index (χ2n) is 4.37. The van der Waals surface area contributed by atoms with Crippen LogP contribution in [0.1, 0.15) is 10.5 Å². The van der Waals surface area contributed by atoms with Crippen LogP contribution in [-0.4, -0.2) is 71.5 Å². The molecule has 0 saturated carbocycles. The number of hydrogen-bond donors (Lipinski definition) is 0. The minimum Gasteiger partial charge on any atom is -0.468 e. The van der Waals surface area contributed by atoms with E-state index in [1.54, 1.807) is 4.90 Å². The van der Waals surface area contributed by atoms with Gasteiger partial charge in [-0.05, 0) is 0 Å². The summed E-state index contributed by atoms with van der Waals surface area (Å²) in [5.41, 5.74) is 0.235. The summed E-state index contributed by atoms with van der Waals surface area (Å²) >= 11 is 5.72. The number of piperazine rings is 1. The topological polar surface area (TPSA) is 75.6 Å². The molecule has 0 unspecified atom stereocenters. The van der Waals surface area contributed by atoms with E-state index < -0.39 is 0 Å². The lowest BCUT2D eigenvalue weighted by Crippen LogP contribution is -2.50. The lowest BCUT2D eigenvalue weighted by Gasteiger charge is -2.33. The van der Waals surface area contributed by atoms with Crippen LogP contribution in [0.3, 0.4) is 0 Å².